The van der Waals surface area contributed by atoms with E-state index in [2.05, 4.69) is 71.9 Å². The van der Waals surface area contributed by atoms with Gasteiger partial charge in [0.15, 0.2) is 0 Å². The first-order chi connectivity index (χ1) is 21.5. The summed E-state index contributed by atoms with van der Waals surface area (Å²) in [6.45, 7) is 15.2. The summed E-state index contributed by atoms with van der Waals surface area (Å²) in [4.78, 5) is 0. The van der Waals surface area contributed by atoms with Crippen LogP contribution in [0.3, 0.4) is 0 Å². The molecule has 2 saturated heterocycles. The molecule has 254 valence electrons. The van der Waals surface area contributed by atoms with Crippen molar-refractivity contribution in [3.63, 3.8) is 0 Å². The number of unbranched alkanes of at least 4 members (excludes halogenated alkanes) is 6. The second-order valence-electron chi connectivity index (χ2n) is 13.8. The second-order valence-corrected chi connectivity index (χ2v) is 37.2. The van der Waals surface area contributed by atoms with E-state index in [0.29, 0.717) is 13.2 Å². The average Bonchev–Trinajstić information content (AvgIpc) is 3.49. The van der Waals surface area contributed by atoms with Gasteiger partial charge in [0.2, 0.25) is 0 Å². The minimum atomic E-state index is -3.05. The van der Waals surface area contributed by atoms with Crippen LogP contribution in [-0.4, -0.2) is 74.9 Å². The standard InChI is InChI=1S/C13H14O5.6C4H9.2Sn/c14-10-9-7-17-13(18-9)12(11(10)15)16-6-8-4-2-1-3-5-8;6*1-3-4-2;;/h1-5,9-13H,6-7H2;6*1,3-4H2,2H3;;/q-2;;;;;;;2*+1/t9-,10+,11+,12-,13-;;;;;;;;/m1......../s1. The molecule has 2 fully saturated rings. The van der Waals surface area contributed by atoms with Crippen LogP contribution in [0.5, 0.6) is 0 Å². The van der Waals surface area contributed by atoms with Crippen molar-refractivity contribution in [2.24, 2.45) is 0 Å². The average molecular weight is 830 g/mol. The van der Waals surface area contributed by atoms with Crippen molar-refractivity contribution < 1.29 is 20.4 Å². The summed E-state index contributed by atoms with van der Waals surface area (Å²) >= 11 is -6.06. The Morgan fingerprint density at radius 1 is 0.591 bits per heavy atom. The van der Waals surface area contributed by atoms with Gasteiger partial charge in [0, 0.05) is 0 Å². The van der Waals surface area contributed by atoms with Gasteiger partial charge in [0.05, 0.1) is 0 Å². The van der Waals surface area contributed by atoms with Crippen molar-refractivity contribution in [3.8, 4) is 0 Å². The van der Waals surface area contributed by atoms with Gasteiger partial charge in [-0.25, -0.2) is 0 Å². The monoisotopic (exact) mass is 832 g/mol. The van der Waals surface area contributed by atoms with Crippen LogP contribution in [0.2, 0.25) is 26.6 Å². The SMILES string of the molecule is CCC[CH2][Sn]([CH2]CCC)([CH2]CCC)[O][C@H]1[C@@H]([O][Sn]([CH2]CCC)([CH2]CCC)[CH2]CCC)[C@H]2CO[C@H](O2)[C@@H]1OCc1ccccc1. The minimum absolute atomic E-state index is 0.0463. The fourth-order valence-corrected chi connectivity index (χ4v) is 35.5. The molecule has 1 aromatic carbocycles. The van der Waals surface area contributed by atoms with Gasteiger partial charge in [0.25, 0.3) is 0 Å². The molecule has 1 aromatic rings. The van der Waals surface area contributed by atoms with E-state index in [-0.39, 0.29) is 30.7 Å². The Kier molecular flexibility index (Phi) is 19.1. The normalized spacial score (nSPS) is 23.8. The number of fused-ring (bicyclic) bond motifs is 2. The molecule has 2 bridgehead atoms. The van der Waals surface area contributed by atoms with Crippen molar-refractivity contribution in [1.29, 1.82) is 0 Å². The number of ether oxygens (including phenoxy) is 3. The summed E-state index contributed by atoms with van der Waals surface area (Å²) in [5.74, 6) is 0. The van der Waals surface area contributed by atoms with Gasteiger partial charge in [-0.1, -0.05) is 0 Å². The molecule has 2 aliphatic heterocycles. The molecule has 3 rings (SSSR count). The van der Waals surface area contributed by atoms with Crippen LogP contribution in [0.1, 0.15) is 124 Å². The van der Waals surface area contributed by atoms with Crippen LogP contribution in [-0.2, 0) is 27.0 Å². The summed E-state index contributed by atoms with van der Waals surface area (Å²) in [6.07, 6.45) is 14.3. The second kappa shape index (κ2) is 21.6. The quantitative estimate of drug-likeness (QED) is 0.0919. The fourth-order valence-electron chi connectivity index (χ4n) is 7.23. The van der Waals surface area contributed by atoms with E-state index < -0.39 is 37.6 Å². The number of hydrogen-bond acceptors (Lipinski definition) is 5. The van der Waals surface area contributed by atoms with Crippen molar-refractivity contribution in [2.45, 2.75) is 183 Å². The predicted molar refractivity (Wildman–Crippen MR) is 189 cm³/mol. The third-order valence-corrected chi connectivity index (χ3v) is 36.1. The van der Waals surface area contributed by atoms with Gasteiger partial charge < -0.3 is 0 Å². The van der Waals surface area contributed by atoms with Gasteiger partial charge in [-0.3, -0.25) is 0 Å². The van der Waals surface area contributed by atoms with E-state index in [4.69, 9.17) is 20.4 Å². The maximum atomic E-state index is 7.87. The van der Waals surface area contributed by atoms with Gasteiger partial charge in [-0.15, -0.1) is 0 Å². The van der Waals surface area contributed by atoms with Crippen molar-refractivity contribution in [1.82, 2.24) is 0 Å². The molecule has 0 radical (unpaired) electrons. The van der Waals surface area contributed by atoms with Gasteiger partial charge in [0.1, 0.15) is 0 Å². The number of rotatable bonds is 25. The molecule has 2 aliphatic rings. The zero-order valence-corrected chi connectivity index (χ0v) is 35.2. The molecule has 0 saturated carbocycles. The number of benzene rings is 1. The Morgan fingerprint density at radius 3 is 1.45 bits per heavy atom. The molecule has 0 spiro atoms. The first kappa shape index (κ1) is 39.1. The topological polar surface area (TPSA) is 46.2 Å². The van der Waals surface area contributed by atoms with E-state index in [1.807, 2.05) is 0 Å². The molecular weight excluding hydrogens is 762 g/mol. The van der Waals surface area contributed by atoms with E-state index >= 15 is 0 Å². The van der Waals surface area contributed by atoms with Gasteiger partial charge in [-0.2, -0.15) is 0 Å². The zero-order chi connectivity index (χ0) is 31.7. The molecule has 5 nitrogen and oxygen atoms in total. The Labute approximate surface area is 281 Å². The maximum absolute atomic E-state index is 7.87. The van der Waals surface area contributed by atoms with E-state index in [0.717, 1.165) is 0 Å². The van der Waals surface area contributed by atoms with Crippen LogP contribution in [0.15, 0.2) is 30.3 Å². The van der Waals surface area contributed by atoms with Crippen LogP contribution >= 0.6 is 0 Å². The summed E-state index contributed by atoms with van der Waals surface area (Å²) in [5, 5.41) is 0. The molecule has 0 amide bonds. The first-order valence-corrected chi connectivity index (χ1v) is 33.2. The predicted octanol–water partition coefficient (Wildman–Crippen LogP) is 10.8. The van der Waals surface area contributed by atoms with Crippen LogP contribution < -0.4 is 0 Å². The summed E-state index contributed by atoms with van der Waals surface area (Å²) in [6, 6.07) is 10.6. The Balaban J connectivity index is 2.04. The van der Waals surface area contributed by atoms with Gasteiger partial charge >= 0.3 is 283 Å². The van der Waals surface area contributed by atoms with Crippen molar-refractivity contribution in [2.75, 3.05) is 6.61 Å². The molecular formula is C37H68O5Sn2. The van der Waals surface area contributed by atoms with E-state index in [1.54, 1.807) is 0 Å². The summed E-state index contributed by atoms with van der Waals surface area (Å²) in [5.41, 5.74) is 1.18. The molecule has 5 atom stereocenters. The van der Waals surface area contributed by atoms with E-state index in [1.165, 1.54) is 109 Å². The number of hydrogen-bond donors (Lipinski definition) is 0. The first-order valence-electron chi connectivity index (χ1n) is 18.8. The Morgan fingerprint density at radius 2 is 1.02 bits per heavy atom. The molecule has 0 N–H and O–H groups in total. The zero-order valence-electron chi connectivity index (χ0n) is 29.5. The van der Waals surface area contributed by atoms with Crippen molar-refractivity contribution >= 4 is 37.6 Å². The molecule has 0 aliphatic carbocycles. The Hall–Kier alpha value is 0.617. The summed E-state index contributed by atoms with van der Waals surface area (Å²) < 4.78 is 43.5. The van der Waals surface area contributed by atoms with Crippen molar-refractivity contribution in [3.05, 3.63) is 35.9 Å². The molecule has 0 aromatic heterocycles. The molecule has 7 heteroatoms. The molecule has 0 unspecified atom stereocenters. The summed E-state index contributed by atoms with van der Waals surface area (Å²) in [7, 11) is 0. The Bertz CT molecular complexity index is 827. The fraction of sp³-hybridized carbons (Fsp3) is 0.838. The third-order valence-electron chi connectivity index (χ3n) is 9.99. The van der Waals surface area contributed by atoms with E-state index in [9.17, 15) is 0 Å². The third kappa shape index (κ3) is 11.9. The van der Waals surface area contributed by atoms with Gasteiger partial charge in [-0.05, 0) is 0 Å². The van der Waals surface area contributed by atoms with Crippen LogP contribution in [0.25, 0.3) is 0 Å². The molecule has 44 heavy (non-hydrogen) atoms. The van der Waals surface area contributed by atoms with Crippen LogP contribution in [0.4, 0.5) is 0 Å². The molecule has 2 heterocycles. The van der Waals surface area contributed by atoms with Crippen LogP contribution in [0, 0.1) is 0 Å².